The van der Waals surface area contributed by atoms with Crippen molar-refractivity contribution in [3.8, 4) is 11.5 Å². The number of alkyl halides is 5. The highest BCUT2D eigenvalue weighted by molar-refractivity contribution is 6.58. The van der Waals surface area contributed by atoms with Crippen LogP contribution in [0, 0.1) is 46.8 Å². The maximum Gasteiger partial charge on any atom is 0.573 e. The van der Waals surface area contributed by atoms with E-state index in [0.29, 0.717) is 18.2 Å². The Kier molecular flexibility index (Phi) is 7.77. The lowest BCUT2D eigenvalue weighted by Gasteiger charge is -2.50. The van der Waals surface area contributed by atoms with Gasteiger partial charge in [0.05, 0.1) is 17.5 Å². The molecular weight excluding hydrogens is 743 g/mol. The van der Waals surface area contributed by atoms with Gasteiger partial charge in [0, 0.05) is 11.5 Å². The van der Waals surface area contributed by atoms with Crippen molar-refractivity contribution in [1.82, 2.24) is 0 Å². The Morgan fingerprint density at radius 3 is 2.00 bits per heavy atom. The second-order valence-electron chi connectivity index (χ2n) is 12.3. The van der Waals surface area contributed by atoms with E-state index in [0.717, 1.165) is 4.90 Å². The lowest BCUT2D eigenvalue weighted by atomic mass is 9.56. The summed E-state index contributed by atoms with van der Waals surface area (Å²) in [5.41, 5.74) is -2.60. The third-order valence-electron chi connectivity index (χ3n) is 9.78. The third-order valence-corrected chi connectivity index (χ3v) is 11.2. The van der Waals surface area contributed by atoms with Crippen LogP contribution in [0.1, 0.15) is 24.3 Å². The van der Waals surface area contributed by atoms with Crippen molar-refractivity contribution in [3.05, 3.63) is 94.8 Å². The van der Waals surface area contributed by atoms with Crippen LogP contribution in [-0.2, 0) is 19.2 Å². The van der Waals surface area contributed by atoms with Gasteiger partial charge in [-0.25, -0.2) is 26.9 Å². The predicted octanol–water partition coefficient (Wildman–Crippen LogP) is 6.75. The van der Waals surface area contributed by atoms with Crippen LogP contribution in [-0.4, -0.2) is 44.8 Å². The minimum absolute atomic E-state index is 0.0848. The van der Waals surface area contributed by atoms with Crippen molar-refractivity contribution in [3.63, 3.8) is 0 Å². The van der Waals surface area contributed by atoms with E-state index >= 15 is 8.78 Å². The van der Waals surface area contributed by atoms with E-state index in [9.17, 15) is 50.6 Å². The van der Waals surface area contributed by atoms with Crippen molar-refractivity contribution in [2.45, 2.75) is 34.9 Å². The number of benzene rings is 3. The van der Waals surface area contributed by atoms with Crippen LogP contribution in [0.5, 0.6) is 11.5 Å². The van der Waals surface area contributed by atoms with Gasteiger partial charge in [-0.05, 0) is 49.1 Å². The van der Waals surface area contributed by atoms with Gasteiger partial charge in [-0.3, -0.25) is 24.1 Å². The van der Waals surface area contributed by atoms with E-state index in [1.807, 2.05) is 0 Å². The Balaban J connectivity index is 1.46. The zero-order chi connectivity index (χ0) is 37.1. The Labute approximate surface area is 290 Å². The normalized spacial score (nSPS) is 28.9. The third kappa shape index (κ3) is 4.71. The minimum Gasteiger partial charge on any atom is -0.508 e. The molecule has 51 heavy (non-hydrogen) atoms. The van der Waals surface area contributed by atoms with Crippen molar-refractivity contribution >= 4 is 58.2 Å². The SMILES string of the molecule is O=C1C2CC=C3C(CC4(Cl)C(=O)N(c5c(F)c(F)c(F)c(F)c5F)C(=O)C4(Cl)C3c3cc(OC(F)(F)F)ccc3O)C2C(=O)N1c1ccccc1. The molecule has 2 heterocycles. The van der Waals surface area contributed by atoms with Gasteiger partial charge in [-0.15, -0.1) is 36.4 Å². The van der Waals surface area contributed by atoms with Crippen molar-refractivity contribution < 1.29 is 64.1 Å². The molecule has 3 fully saturated rings. The molecule has 4 amide bonds. The lowest BCUT2D eigenvalue weighted by molar-refractivity contribution is -0.274. The first kappa shape index (κ1) is 34.7. The largest absolute Gasteiger partial charge is 0.573 e. The number of amides is 4. The highest BCUT2D eigenvalue weighted by Gasteiger charge is 2.77. The van der Waals surface area contributed by atoms with Crippen LogP contribution in [0.2, 0.25) is 0 Å². The summed E-state index contributed by atoms with van der Waals surface area (Å²) in [5, 5.41) is 11.0. The number of para-hydroxylation sites is 1. The Hall–Kier alpha value is -4.70. The maximum absolute atomic E-state index is 15.2. The number of imide groups is 2. The molecule has 0 aromatic heterocycles. The number of allylic oxidation sites excluding steroid dienone is 2. The zero-order valence-corrected chi connectivity index (χ0v) is 26.6. The monoisotopic (exact) mass is 760 g/mol. The van der Waals surface area contributed by atoms with Gasteiger partial charge >= 0.3 is 6.36 Å². The molecule has 6 unspecified atom stereocenters. The molecule has 2 aliphatic heterocycles. The highest BCUT2D eigenvalue weighted by atomic mass is 35.5. The van der Waals surface area contributed by atoms with E-state index in [4.69, 9.17) is 23.2 Å². The number of hydrogen-bond donors (Lipinski definition) is 1. The van der Waals surface area contributed by atoms with E-state index in [-0.39, 0.29) is 17.7 Å². The van der Waals surface area contributed by atoms with Gasteiger partial charge in [-0.2, -0.15) is 0 Å². The fourth-order valence-corrected chi connectivity index (χ4v) is 8.63. The van der Waals surface area contributed by atoms with Crippen LogP contribution in [0.3, 0.4) is 0 Å². The molecule has 2 aliphatic carbocycles. The summed E-state index contributed by atoms with van der Waals surface area (Å²) in [5.74, 6) is -25.7. The number of hydrogen-bond acceptors (Lipinski definition) is 6. The standard InChI is InChI=1S/C33H18Cl2F8N2O6/c34-31-11-17-14(7-8-15-19(17)28(48)44(27(15)47)12-4-2-1-3-5-12)20(16-10-13(6-9-18(16)46)51-33(41,42)43)32(31,35)30(50)45(29(31)49)26-24(39)22(37)21(36)23(38)25(26)40/h1-7,9-10,15,17,19-20,46H,8,11H2. The number of carbonyl (C=O) groups excluding carboxylic acids is 4. The first-order valence-electron chi connectivity index (χ1n) is 14.8. The molecule has 1 N–H and O–H groups in total. The first-order valence-corrected chi connectivity index (χ1v) is 15.6. The molecule has 3 aromatic rings. The number of aromatic hydroxyl groups is 1. The summed E-state index contributed by atoms with van der Waals surface area (Å²) in [6.07, 6.45) is -5.04. The molecule has 4 aliphatic rings. The Morgan fingerprint density at radius 2 is 1.39 bits per heavy atom. The molecule has 0 bridgehead atoms. The summed E-state index contributed by atoms with van der Waals surface area (Å²) in [6.45, 7) is 0. The average Bonchev–Trinajstić information content (AvgIpc) is 3.42. The predicted molar refractivity (Wildman–Crippen MR) is 160 cm³/mol. The number of carbonyl (C=O) groups is 4. The fourth-order valence-electron chi connectivity index (χ4n) is 7.70. The van der Waals surface area contributed by atoms with Crippen molar-refractivity contribution in [2.24, 2.45) is 17.8 Å². The molecule has 7 rings (SSSR count). The summed E-state index contributed by atoms with van der Waals surface area (Å²) < 4.78 is 117. The van der Waals surface area contributed by atoms with E-state index in [1.165, 1.54) is 18.2 Å². The van der Waals surface area contributed by atoms with Gasteiger partial charge in [-0.1, -0.05) is 29.8 Å². The smallest absolute Gasteiger partial charge is 0.508 e. The number of nitrogens with zero attached hydrogens (tertiary/aromatic N) is 2. The number of halogens is 10. The molecule has 266 valence electrons. The number of anilines is 2. The molecule has 2 saturated heterocycles. The molecule has 18 heteroatoms. The fraction of sp³-hybridized carbons (Fsp3) is 0.273. The second kappa shape index (κ2) is 11.4. The van der Waals surface area contributed by atoms with Gasteiger partial charge in [0.2, 0.25) is 17.6 Å². The van der Waals surface area contributed by atoms with Gasteiger partial charge in [0.15, 0.2) is 33.0 Å². The van der Waals surface area contributed by atoms with Crippen LogP contribution in [0.15, 0.2) is 60.2 Å². The number of rotatable bonds is 4. The van der Waals surface area contributed by atoms with E-state index < -0.39 is 127 Å². The highest BCUT2D eigenvalue weighted by Crippen LogP contribution is 2.67. The summed E-state index contributed by atoms with van der Waals surface area (Å²) >= 11 is 13.9. The number of phenolic OH excluding ortho intramolecular Hbond substituents is 1. The lowest BCUT2D eigenvalue weighted by Crippen LogP contribution is -2.60. The molecule has 3 aromatic carbocycles. The van der Waals surface area contributed by atoms with Gasteiger partial charge < -0.3 is 9.84 Å². The summed E-state index contributed by atoms with van der Waals surface area (Å²) in [7, 11) is 0. The quantitative estimate of drug-likeness (QED) is 0.0788. The van der Waals surface area contributed by atoms with Gasteiger partial charge in [0.1, 0.15) is 17.2 Å². The first-order chi connectivity index (χ1) is 23.8. The minimum atomic E-state index is -5.28. The molecule has 0 spiro atoms. The second-order valence-corrected chi connectivity index (χ2v) is 13.6. The molecule has 8 nitrogen and oxygen atoms in total. The molecule has 6 atom stereocenters. The molecular formula is C33H18Cl2F8N2O6. The summed E-state index contributed by atoms with van der Waals surface area (Å²) in [6, 6.07) is 9.63. The summed E-state index contributed by atoms with van der Waals surface area (Å²) in [4.78, 5) is 50.6. The van der Waals surface area contributed by atoms with Crippen LogP contribution in [0.4, 0.5) is 46.5 Å². The van der Waals surface area contributed by atoms with Gasteiger partial charge in [0.25, 0.3) is 11.8 Å². The van der Waals surface area contributed by atoms with Crippen molar-refractivity contribution in [2.75, 3.05) is 9.80 Å². The maximum atomic E-state index is 15.2. The number of ether oxygens (including phenoxy) is 1. The Bertz CT molecular complexity index is 2090. The van der Waals surface area contributed by atoms with Crippen LogP contribution in [0.25, 0.3) is 0 Å². The molecule has 0 radical (unpaired) electrons. The van der Waals surface area contributed by atoms with Crippen LogP contribution >= 0.6 is 23.2 Å². The van der Waals surface area contributed by atoms with Crippen molar-refractivity contribution in [1.29, 1.82) is 0 Å². The zero-order valence-electron chi connectivity index (χ0n) is 25.1. The van der Waals surface area contributed by atoms with E-state index in [1.54, 1.807) is 18.2 Å². The molecule has 1 saturated carbocycles. The van der Waals surface area contributed by atoms with Crippen LogP contribution < -0.4 is 14.5 Å². The average molecular weight is 761 g/mol. The number of phenols is 1. The Morgan fingerprint density at radius 1 is 0.784 bits per heavy atom. The topological polar surface area (TPSA) is 104 Å². The van der Waals surface area contributed by atoms with E-state index in [2.05, 4.69) is 4.74 Å². The number of fused-ring (bicyclic) bond motifs is 4.